The van der Waals surface area contributed by atoms with Crippen molar-refractivity contribution in [2.45, 2.75) is 0 Å². The van der Waals surface area contributed by atoms with Crippen molar-refractivity contribution < 1.29 is 9.53 Å². The molecule has 0 aliphatic carbocycles. The summed E-state index contributed by atoms with van der Waals surface area (Å²) >= 11 is 11.9. The number of halogens is 2. The molecule has 0 aromatic heterocycles. The molecule has 0 unspecified atom stereocenters. The van der Waals surface area contributed by atoms with Gasteiger partial charge >= 0.3 is 0 Å². The molecular weight excluding hydrogens is 271 g/mol. The Morgan fingerprint density at radius 3 is 2.22 bits per heavy atom. The van der Waals surface area contributed by atoms with Gasteiger partial charge in [0.15, 0.2) is 6.61 Å². The van der Waals surface area contributed by atoms with Crippen molar-refractivity contribution in [3.63, 3.8) is 0 Å². The molecule has 2 nitrogen and oxygen atoms in total. The van der Waals surface area contributed by atoms with E-state index in [-0.39, 0.29) is 12.4 Å². The molecule has 4 heteroatoms. The predicted octanol–water partition coefficient (Wildman–Crippen LogP) is 4.26. The lowest BCUT2D eigenvalue weighted by Gasteiger charge is -2.07. The molecule has 0 radical (unpaired) electrons. The standard InChI is InChI=1S/C14H10Cl2O2/c15-11-6-2-1-5-10(11)13(17)9-18-14-8-4-3-7-12(14)16/h1-8H,9H2. The van der Waals surface area contributed by atoms with Crippen LogP contribution in [0.4, 0.5) is 0 Å². The molecule has 18 heavy (non-hydrogen) atoms. The van der Waals surface area contributed by atoms with Crippen LogP contribution in [0.25, 0.3) is 0 Å². The van der Waals surface area contributed by atoms with Crippen LogP contribution in [0, 0.1) is 0 Å². The highest BCUT2D eigenvalue weighted by molar-refractivity contribution is 6.34. The van der Waals surface area contributed by atoms with E-state index in [0.29, 0.717) is 21.4 Å². The third-order valence-corrected chi connectivity index (χ3v) is 3.01. The van der Waals surface area contributed by atoms with E-state index >= 15 is 0 Å². The van der Waals surface area contributed by atoms with Crippen LogP contribution in [-0.4, -0.2) is 12.4 Å². The van der Waals surface area contributed by atoms with Gasteiger partial charge < -0.3 is 4.74 Å². The summed E-state index contributed by atoms with van der Waals surface area (Å²) in [5.74, 6) is 0.306. The second-order valence-corrected chi connectivity index (χ2v) is 4.44. The first kappa shape index (κ1) is 12.9. The lowest BCUT2D eigenvalue weighted by Crippen LogP contribution is -2.12. The Hall–Kier alpha value is -1.51. The first-order chi connectivity index (χ1) is 8.68. The molecule has 0 bridgehead atoms. The number of carbonyl (C=O) groups excluding carboxylic acids is 1. The Morgan fingerprint density at radius 2 is 1.56 bits per heavy atom. The van der Waals surface area contributed by atoms with Crippen molar-refractivity contribution >= 4 is 29.0 Å². The molecule has 0 aliphatic rings. The Balaban J connectivity index is 2.06. The van der Waals surface area contributed by atoms with Gasteiger partial charge in [-0.2, -0.15) is 0 Å². The number of carbonyl (C=O) groups is 1. The molecule has 0 fully saturated rings. The van der Waals surface area contributed by atoms with E-state index in [1.807, 2.05) is 0 Å². The van der Waals surface area contributed by atoms with Crippen molar-refractivity contribution in [3.05, 3.63) is 64.1 Å². The summed E-state index contributed by atoms with van der Waals surface area (Å²) < 4.78 is 5.37. The summed E-state index contributed by atoms with van der Waals surface area (Å²) in [7, 11) is 0. The van der Waals surface area contributed by atoms with Gasteiger partial charge in [0, 0.05) is 5.56 Å². The average molecular weight is 281 g/mol. The second-order valence-electron chi connectivity index (χ2n) is 3.62. The molecular formula is C14H10Cl2O2. The predicted molar refractivity (Wildman–Crippen MR) is 72.7 cm³/mol. The first-order valence-electron chi connectivity index (χ1n) is 5.33. The van der Waals surface area contributed by atoms with Crippen LogP contribution in [0.5, 0.6) is 5.75 Å². The molecule has 0 spiro atoms. The topological polar surface area (TPSA) is 26.3 Å². The summed E-state index contributed by atoms with van der Waals surface area (Å²) in [6.45, 7) is -0.0898. The molecule has 92 valence electrons. The molecule has 0 aliphatic heterocycles. The highest BCUT2D eigenvalue weighted by Gasteiger charge is 2.11. The molecule has 2 rings (SSSR count). The molecule has 0 saturated carbocycles. The normalized spacial score (nSPS) is 10.1. The number of hydrogen-bond donors (Lipinski definition) is 0. The maximum atomic E-state index is 11.9. The number of Topliss-reactive ketones (excluding diaryl/α,β-unsaturated/α-hetero) is 1. The lowest BCUT2D eigenvalue weighted by atomic mass is 10.1. The fourth-order valence-electron chi connectivity index (χ4n) is 1.47. The molecule has 0 N–H and O–H groups in total. The summed E-state index contributed by atoms with van der Waals surface area (Å²) in [5.41, 5.74) is 0.450. The molecule has 2 aromatic rings. The Kier molecular flexibility index (Phi) is 4.24. The van der Waals surface area contributed by atoms with Gasteiger partial charge in [-0.3, -0.25) is 4.79 Å². The van der Waals surface area contributed by atoms with E-state index in [9.17, 15) is 4.79 Å². The van der Waals surface area contributed by atoms with Crippen LogP contribution in [0.3, 0.4) is 0 Å². The number of ether oxygens (including phenoxy) is 1. The Bertz CT molecular complexity index is 567. The maximum Gasteiger partial charge on any atom is 0.201 e. The Morgan fingerprint density at radius 1 is 0.944 bits per heavy atom. The van der Waals surface area contributed by atoms with E-state index in [4.69, 9.17) is 27.9 Å². The summed E-state index contributed by atoms with van der Waals surface area (Å²) in [5, 5.41) is 0.898. The third-order valence-electron chi connectivity index (χ3n) is 2.37. The van der Waals surface area contributed by atoms with Crippen molar-refractivity contribution in [2.24, 2.45) is 0 Å². The van der Waals surface area contributed by atoms with E-state index in [2.05, 4.69) is 0 Å². The van der Waals surface area contributed by atoms with Crippen molar-refractivity contribution in [3.8, 4) is 5.75 Å². The number of benzene rings is 2. The number of ketones is 1. The maximum absolute atomic E-state index is 11.9. The molecule has 0 atom stereocenters. The van der Waals surface area contributed by atoms with Crippen LogP contribution >= 0.6 is 23.2 Å². The van der Waals surface area contributed by atoms with Gasteiger partial charge in [0.05, 0.1) is 10.0 Å². The van der Waals surface area contributed by atoms with E-state index in [1.54, 1.807) is 48.5 Å². The fourth-order valence-corrected chi connectivity index (χ4v) is 1.90. The highest BCUT2D eigenvalue weighted by Crippen LogP contribution is 2.23. The Labute approximate surface area is 115 Å². The van der Waals surface area contributed by atoms with Gasteiger partial charge in [0.1, 0.15) is 5.75 Å². The van der Waals surface area contributed by atoms with E-state index < -0.39 is 0 Å². The molecule has 0 amide bonds. The minimum absolute atomic E-state index is 0.0898. The van der Waals surface area contributed by atoms with Crippen LogP contribution in [0.1, 0.15) is 10.4 Å². The monoisotopic (exact) mass is 280 g/mol. The van der Waals surface area contributed by atoms with Crippen molar-refractivity contribution in [2.75, 3.05) is 6.61 Å². The SMILES string of the molecule is O=C(COc1ccccc1Cl)c1ccccc1Cl. The molecule has 0 saturated heterocycles. The average Bonchev–Trinajstić information content (AvgIpc) is 2.38. The quantitative estimate of drug-likeness (QED) is 0.783. The van der Waals surface area contributed by atoms with Gasteiger partial charge in [0.2, 0.25) is 5.78 Å². The van der Waals surface area contributed by atoms with E-state index in [1.165, 1.54) is 0 Å². The van der Waals surface area contributed by atoms with Crippen LogP contribution in [0.2, 0.25) is 10.0 Å². The zero-order valence-corrected chi connectivity index (χ0v) is 10.9. The second kappa shape index (κ2) is 5.89. The van der Waals surface area contributed by atoms with Gasteiger partial charge in [-0.15, -0.1) is 0 Å². The van der Waals surface area contributed by atoms with Crippen molar-refractivity contribution in [1.29, 1.82) is 0 Å². The van der Waals surface area contributed by atoms with Gasteiger partial charge in [-0.25, -0.2) is 0 Å². The number of para-hydroxylation sites is 1. The van der Waals surface area contributed by atoms with E-state index in [0.717, 1.165) is 0 Å². The van der Waals surface area contributed by atoms with Crippen LogP contribution < -0.4 is 4.74 Å². The highest BCUT2D eigenvalue weighted by atomic mass is 35.5. The largest absolute Gasteiger partial charge is 0.484 e. The lowest BCUT2D eigenvalue weighted by molar-refractivity contribution is 0.0922. The summed E-state index contributed by atoms with van der Waals surface area (Å²) in [6.07, 6.45) is 0. The van der Waals surface area contributed by atoms with Gasteiger partial charge in [-0.05, 0) is 24.3 Å². The minimum Gasteiger partial charge on any atom is -0.484 e. The zero-order valence-electron chi connectivity index (χ0n) is 9.40. The summed E-state index contributed by atoms with van der Waals surface area (Å²) in [4.78, 5) is 11.9. The number of rotatable bonds is 4. The van der Waals surface area contributed by atoms with Gasteiger partial charge in [0.25, 0.3) is 0 Å². The summed E-state index contributed by atoms with van der Waals surface area (Å²) in [6, 6.07) is 13.9. The first-order valence-corrected chi connectivity index (χ1v) is 6.09. The minimum atomic E-state index is -0.180. The zero-order chi connectivity index (χ0) is 13.0. The molecule has 0 heterocycles. The third kappa shape index (κ3) is 3.03. The smallest absolute Gasteiger partial charge is 0.201 e. The number of hydrogen-bond acceptors (Lipinski definition) is 2. The van der Waals surface area contributed by atoms with Crippen LogP contribution in [-0.2, 0) is 0 Å². The molecule has 2 aromatic carbocycles. The van der Waals surface area contributed by atoms with Crippen LogP contribution in [0.15, 0.2) is 48.5 Å². The van der Waals surface area contributed by atoms with Gasteiger partial charge in [-0.1, -0.05) is 47.5 Å². The van der Waals surface area contributed by atoms with Crippen molar-refractivity contribution in [1.82, 2.24) is 0 Å². The fraction of sp³-hybridized carbons (Fsp3) is 0.0714.